The predicted molar refractivity (Wildman–Crippen MR) is 62.8 cm³/mol. The third-order valence-corrected chi connectivity index (χ3v) is 2.80. The molecule has 0 unspecified atom stereocenters. The highest BCUT2D eigenvalue weighted by atomic mass is 16.1. The zero-order valence-electron chi connectivity index (χ0n) is 9.21. The van der Waals surface area contributed by atoms with Gasteiger partial charge in [0.25, 0.3) is 0 Å². The Kier molecular flexibility index (Phi) is 2.62. The summed E-state index contributed by atoms with van der Waals surface area (Å²) in [6, 6.07) is 5.86. The molecule has 0 spiro atoms. The van der Waals surface area contributed by atoms with Crippen molar-refractivity contribution in [1.29, 1.82) is 0 Å². The second kappa shape index (κ2) is 3.93. The largest absolute Gasteiger partial charge is 0.383 e. The van der Waals surface area contributed by atoms with Crippen LogP contribution in [-0.4, -0.2) is 25.9 Å². The molecule has 1 aliphatic rings. The van der Waals surface area contributed by atoms with Crippen molar-refractivity contribution in [3.8, 4) is 0 Å². The molecule has 0 aromatic heterocycles. The Morgan fingerprint density at radius 1 is 1.47 bits per heavy atom. The van der Waals surface area contributed by atoms with Crippen LogP contribution in [0.4, 0.5) is 11.4 Å². The van der Waals surface area contributed by atoms with Crippen LogP contribution in [0.5, 0.6) is 0 Å². The van der Waals surface area contributed by atoms with Crippen LogP contribution in [0.1, 0.15) is 23.7 Å². The number of nitrogens with one attached hydrogen (secondary N) is 1. The molecular weight excluding hydrogens is 188 g/mol. The highest BCUT2D eigenvalue weighted by Crippen LogP contribution is 2.28. The predicted octanol–water partition coefficient (Wildman–Crippen LogP) is 2.14. The van der Waals surface area contributed by atoms with Crippen molar-refractivity contribution in [3.05, 3.63) is 23.8 Å². The maximum atomic E-state index is 11.3. The highest BCUT2D eigenvalue weighted by Gasteiger charge is 2.12. The van der Waals surface area contributed by atoms with Crippen LogP contribution < -0.4 is 10.2 Å². The number of ketones is 1. The molecule has 1 N–H and O–H groups in total. The van der Waals surface area contributed by atoms with Gasteiger partial charge in [-0.2, -0.15) is 0 Å². The van der Waals surface area contributed by atoms with Gasteiger partial charge in [-0.05, 0) is 31.5 Å². The molecule has 0 amide bonds. The van der Waals surface area contributed by atoms with Crippen LogP contribution in [0.3, 0.4) is 0 Å². The van der Waals surface area contributed by atoms with E-state index in [0.717, 1.165) is 30.8 Å². The molecule has 1 aromatic carbocycles. The Bertz CT molecular complexity index is 387. The van der Waals surface area contributed by atoms with E-state index in [0.29, 0.717) is 0 Å². The van der Waals surface area contributed by atoms with E-state index in [-0.39, 0.29) is 5.78 Å². The molecule has 0 saturated carbocycles. The molecule has 3 nitrogen and oxygen atoms in total. The number of Topliss-reactive ketones (excluding diaryl/α,β-unsaturated/α-hetero) is 1. The molecule has 0 atom stereocenters. The third kappa shape index (κ3) is 1.96. The maximum absolute atomic E-state index is 11.3. The first-order valence-electron chi connectivity index (χ1n) is 5.28. The molecule has 2 rings (SSSR count). The minimum absolute atomic E-state index is 0.117. The Morgan fingerprint density at radius 2 is 2.27 bits per heavy atom. The summed E-state index contributed by atoms with van der Waals surface area (Å²) in [5.74, 6) is 0.117. The number of nitrogens with zero attached hydrogens (tertiary/aromatic N) is 1. The molecule has 15 heavy (non-hydrogen) atoms. The fourth-order valence-corrected chi connectivity index (χ4v) is 1.89. The Balaban J connectivity index is 2.42. The first-order chi connectivity index (χ1) is 7.18. The van der Waals surface area contributed by atoms with Crippen molar-refractivity contribution in [2.75, 3.05) is 30.4 Å². The van der Waals surface area contributed by atoms with E-state index in [2.05, 4.69) is 17.3 Å². The van der Waals surface area contributed by atoms with Crippen LogP contribution in [-0.2, 0) is 0 Å². The van der Waals surface area contributed by atoms with Gasteiger partial charge in [0.2, 0.25) is 0 Å². The van der Waals surface area contributed by atoms with E-state index in [9.17, 15) is 4.79 Å². The van der Waals surface area contributed by atoms with Crippen molar-refractivity contribution < 1.29 is 4.79 Å². The van der Waals surface area contributed by atoms with Gasteiger partial charge in [0, 0.05) is 25.7 Å². The number of benzene rings is 1. The zero-order valence-corrected chi connectivity index (χ0v) is 9.21. The monoisotopic (exact) mass is 204 g/mol. The quantitative estimate of drug-likeness (QED) is 0.711. The normalized spacial score (nSPS) is 15.2. The van der Waals surface area contributed by atoms with Gasteiger partial charge in [-0.3, -0.25) is 4.79 Å². The molecule has 80 valence electrons. The zero-order chi connectivity index (χ0) is 10.8. The fourth-order valence-electron chi connectivity index (χ4n) is 1.89. The lowest BCUT2D eigenvalue weighted by Gasteiger charge is -2.18. The molecule has 3 heteroatoms. The summed E-state index contributed by atoms with van der Waals surface area (Å²) in [5, 5.41) is 3.36. The van der Waals surface area contributed by atoms with Gasteiger partial charge in [0.05, 0.1) is 11.4 Å². The van der Waals surface area contributed by atoms with Crippen molar-refractivity contribution in [1.82, 2.24) is 0 Å². The lowest BCUT2D eigenvalue weighted by Crippen LogP contribution is -2.17. The van der Waals surface area contributed by atoms with Crippen LogP contribution >= 0.6 is 0 Å². The van der Waals surface area contributed by atoms with Crippen molar-refractivity contribution >= 4 is 17.2 Å². The van der Waals surface area contributed by atoms with Gasteiger partial charge >= 0.3 is 0 Å². The summed E-state index contributed by atoms with van der Waals surface area (Å²) >= 11 is 0. The number of hydrogen-bond acceptors (Lipinski definition) is 3. The Labute approximate surface area is 90.1 Å². The lowest BCUT2D eigenvalue weighted by molar-refractivity contribution is 0.101. The second-order valence-corrected chi connectivity index (χ2v) is 3.99. The summed E-state index contributed by atoms with van der Waals surface area (Å²) in [5.41, 5.74) is 3.02. The summed E-state index contributed by atoms with van der Waals surface area (Å²) in [6.07, 6.45) is 1.13. The maximum Gasteiger partial charge on any atom is 0.159 e. The number of hydrogen-bond donors (Lipinski definition) is 1. The SMILES string of the molecule is CC(=O)c1ccc2c(c1)NCCCN2C. The smallest absolute Gasteiger partial charge is 0.159 e. The van der Waals surface area contributed by atoms with E-state index in [1.54, 1.807) is 6.92 Å². The lowest BCUT2D eigenvalue weighted by atomic mass is 10.1. The number of anilines is 2. The molecule has 0 radical (unpaired) electrons. The van der Waals surface area contributed by atoms with Gasteiger partial charge in [-0.25, -0.2) is 0 Å². The molecule has 1 heterocycles. The Morgan fingerprint density at radius 3 is 3.00 bits per heavy atom. The van der Waals surface area contributed by atoms with E-state index in [1.807, 2.05) is 18.2 Å². The van der Waals surface area contributed by atoms with Gasteiger partial charge in [0.15, 0.2) is 5.78 Å². The van der Waals surface area contributed by atoms with Crippen LogP contribution in [0.25, 0.3) is 0 Å². The Hall–Kier alpha value is -1.51. The number of carbonyl (C=O) groups excluding carboxylic acids is 1. The molecule has 0 bridgehead atoms. The average Bonchev–Trinajstić information content (AvgIpc) is 2.40. The van der Waals surface area contributed by atoms with Gasteiger partial charge in [0.1, 0.15) is 0 Å². The van der Waals surface area contributed by atoms with Crippen LogP contribution in [0.15, 0.2) is 18.2 Å². The molecular formula is C12H16N2O. The number of carbonyl (C=O) groups is 1. The van der Waals surface area contributed by atoms with Crippen molar-refractivity contribution in [2.45, 2.75) is 13.3 Å². The second-order valence-electron chi connectivity index (χ2n) is 3.99. The molecule has 0 aliphatic carbocycles. The van der Waals surface area contributed by atoms with Crippen molar-refractivity contribution in [3.63, 3.8) is 0 Å². The molecule has 0 saturated heterocycles. The number of rotatable bonds is 1. The van der Waals surface area contributed by atoms with Crippen LogP contribution in [0, 0.1) is 0 Å². The standard InChI is InChI=1S/C12H16N2O/c1-9(15)10-4-5-12-11(8-10)13-6-3-7-14(12)2/h4-5,8,13H,3,6-7H2,1-2H3. The third-order valence-electron chi connectivity index (χ3n) is 2.80. The molecule has 1 aliphatic heterocycles. The van der Waals surface area contributed by atoms with E-state index < -0.39 is 0 Å². The summed E-state index contributed by atoms with van der Waals surface area (Å²) in [7, 11) is 2.08. The highest BCUT2D eigenvalue weighted by molar-refractivity contribution is 5.96. The van der Waals surface area contributed by atoms with Gasteiger partial charge in [-0.15, -0.1) is 0 Å². The number of fused-ring (bicyclic) bond motifs is 1. The first kappa shape index (κ1) is 10.0. The van der Waals surface area contributed by atoms with Gasteiger partial charge < -0.3 is 10.2 Å². The van der Waals surface area contributed by atoms with Crippen LogP contribution in [0.2, 0.25) is 0 Å². The van der Waals surface area contributed by atoms with E-state index in [1.165, 1.54) is 5.69 Å². The average molecular weight is 204 g/mol. The first-order valence-corrected chi connectivity index (χ1v) is 5.28. The summed E-state index contributed by atoms with van der Waals surface area (Å²) < 4.78 is 0. The van der Waals surface area contributed by atoms with Crippen molar-refractivity contribution in [2.24, 2.45) is 0 Å². The fraction of sp³-hybridized carbons (Fsp3) is 0.417. The topological polar surface area (TPSA) is 32.3 Å². The molecule has 0 fully saturated rings. The minimum Gasteiger partial charge on any atom is -0.383 e. The van der Waals surface area contributed by atoms with E-state index >= 15 is 0 Å². The summed E-state index contributed by atoms with van der Waals surface area (Å²) in [4.78, 5) is 13.5. The minimum atomic E-state index is 0.117. The van der Waals surface area contributed by atoms with E-state index in [4.69, 9.17) is 0 Å². The van der Waals surface area contributed by atoms with Gasteiger partial charge in [-0.1, -0.05) is 0 Å². The molecule has 1 aromatic rings. The summed E-state index contributed by atoms with van der Waals surface area (Å²) in [6.45, 7) is 3.63.